The second-order valence-electron chi connectivity index (χ2n) is 6.48. The molecule has 0 saturated heterocycles. The minimum atomic E-state index is -0.966. The first kappa shape index (κ1) is 18.4. The Hall–Kier alpha value is -3.41. The van der Waals surface area contributed by atoms with Gasteiger partial charge in [-0.15, -0.1) is 0 Å². The molecule has 0 spiro atoms. The molecule has 0 aliphatic heterocycles. The predicted octanol–water partition coefficient (Wildman–Crippen LogP) is 4.00. The van der Waals surface area contributed by atoms with Crippen molar-refractivity contribution >= 4 is 17.9 Å². The van der Waals surface area contributed by atoms with Gasteiger partial charge in [0.1, 0.15) is 0 Å². The number of anilines is 1. The van der Waals surface area contributed by atoms with Gasteiger partial charge in [-0.05, 0) is 44.5 Å². The van der Waals surface area contributed by atoms with Crippen molar-refractivity contribution in [2.24, 2.45) is 5.10 Å². The van der Waals surface area contributed by atoms with Crippen LogP contribution in [0.1, 0.15) is 38.4 Å². The molecule has 6 nitrogen and oxygen atoms in total. The van der Waals surface area contributed by atoms with Gasteiger partial charge in [0.2, 0.25) is 0 Å². The zero-order valence-corrected chi connectivity index (χ0v) is 15.6. The maximum atomic E-state index is 11.0. The van der Waals surface area contributed by atoms with Crippen molar-refractivity contribution in [3.8, 4) is 0 Å². The number of aromatic carboxylic acids is 1. The Morgan fingerprint density at radius 2 is 1.93 bits per heavy atom. The van der Waals surface area contributed by atoms with E-state index in [-0.39, 0.29) is 5.56 Å². The van der Waals surface area contributed by atoms with Crippen LogP contribution in [0.4, 0.5) is 5.69 Å². The number of carbonyl (C=O) groups is 1. The summed E-state index contributed by atoms with van der Waals surface area (Å²) >= 11 is 0. The highest BCUT2D eigenvalue weighted by Gasteiger charge is 2.10. The van der Waals surface area contributed by atoms with Gasteiger partial charge in [-0.25, -0.2) is 4.79 Å². The Kier molecular flexibility index (Phi) is 5.35. The van der Waals surface area contributed by atoms with Gasteiger partial charge >= 0.3 is 5.97 Å². The summed E-state index contributed by atoms with van der Waals surface area (Å²) < 4.78 is 1.96. The van der Waals surface area contributed by atoms with Gasteiger partial charge < -0.3 is 5.11 Å². The van der Waals surface area contributed by atoms with E-state index in [1.54, 1.807) is 30.5 Å². The summed E-state index contributed by atoms with van der Waals surface area (Å²) in [6, 6.07) is 14.9. The number of hydrazone groups is 1. The molecular weight excluding hydrogens is 340 g/mol. The number of aryl methyl sites for hydroxylation is 2. The fraction of sp³-hybridized carbons (Fsp3) is 0.190. The van der Waals surface area contributed by atoms with Crippen LogP contribution >= 0.6 is 0 Å². The highest BCUT2D eigenvalue weighted by atomic mass is 16.4. The molecule has 2 aromatic carbocycles. The lowest BCUT2D eigenvalue weighted by atomic mass is 10.1. The number of carboxylic acid groups (broad SMARTS) is 1. The molecule has 0 radical (unpaired) electrons. The SMILES string of the molecule is Cc1ccc(Cn2nc(C)c(/C=N/Nc3cccc(C(=O)O)c3)c2C)cc1. The number of nitrogens with zero attached hydrogens (tertiary/aromatic N) is 3. The first-order chi connectivity index (χ1) is 12.9. The van der Waals surface area contributed by atoms with Crippen LogP contribution < -0.4 is 5.43 Å². The summed E-state index contributed by atoms with van der Waals surface area (Å²) in [7, 11) is 0. The van der Waals surface area contributed by atoms with Gasteiger partial charge in [-0.3, -0.25) is 10.1 Å². The Bertz CT molecular complexity index is 988. The minimum absolute atomic E-state index is 0.216. The zero-order chi connectivity index (χ0) is 19.4. The van der Waals surface area contributed by atoms with Crippen molar-refractivity contribution in [1.29, 1.82) is 0 Å². The van der Waals surface area contributed by atoms with E-state index in [1.807, 2.05) is 18.5 Å². The maximum absolute atomic E-state index is 11.0. The maximum Gasteiger partial charge on any atom is 0.335 e. The predicted molar refractivity (Wildman–Crippen MR) is 107 cm³/mol. The van der Waals surface area contributed by atoms with Gasteiger partial charge in [0.05, 0.1) is 29.7 Å². The Balaban J connectivity index is 1.74. The molecule has 3 aromatic rings. The quantitative estimate of drug-likeness (QED) is 0.513. The molecule has 3 rings (SSSR count). The average Bonchev–Trinajstić information content (AvgIpc) is 2.91. The molecule has 0 amide bonds. The molecule has 0 atom stereocenters. The Labute approximate surface area is 158 Å². The number of hydrogen-bond acceptors (Lipinski definition) is 4. The topological polar surface area (TPSA) is 79.5 Å². The summed E-state index contributed by atoms with van der Waals surface area (Å²) in [6.07, 6.45) is 1.72. The number of aromatic nitrogens is 2. The largest absolute Gasteiger partial charge is 0.478 e. The lowest BCUT2D eigenvalue weighted by molar-refractivity contribution is 0.0697. The number of rotatable bonds is 6. The summed E-state index contributed by atoms with van der Waals surface area (Å²) in [4.78, 5) is 11.0. The molecule has 0 aliphatic rings. The van der Waals surface area contributed by atoms with Crippen LogP contribution in [0.15, 0.2) is 53.6 Å². The summed E-state index contributed by atoms with van der Waals surface area (Å²) in [5, 5.41) is 17.9. The lowest BCUT2D eigenvalue weighted by Crippen LogP contribution is -2.04. The molecule has 1 heterocycles. The van der Waals surface area contributed by atoms with Gasteiger partial charge in [0.15, 0.2) is 0 Å². The Morgan fingerprint density at radius 1 is 1.19 bits per heavy atom. The molecule has 1 aromatic heterocycles. The van der Waals surface area contributed by atoms with E-state index in [0.717, 1.165) is 17.0 Å². The van der Waals surface area contributed by atoms with Crippen LogP contribution in [0, 0.1) is 20.8 Å². The number of benzene rings is 2. The highest BCUT2D eigenvalue weighted by molar-refractivity contribution is 5.89. The van der Waals surface area contributed by atoms with E-state index in [1.165, 1.54) is 11.1 Å². The molecule has 0 aliphatic carbocycles. The number of carboxylic acids is 1. The lowest BCUT2D eigenvalue weighted by Gasteiger charge is -2.05. The van der Waals surface area contributed by atoms with Crippen LogP contribution in [0.25, 0.3) is 0 Å². The molecular formula is C21H22N4O2. The van der Waals surface area contributed by atoms with Crippen LogP contribution in [0.5, 0.6) is 0 Å². The average molecular weight is 362 g/mol. The first-order valence-corrected chi connectivity index (χ1v) is 8.66. The van der Waals surface area contributed by atoms with E-state index < -0.39 is 5.97 Å². The first-order valence-electron chi connectivity index (χ1n) is 8.66. The normalized spacial score (nSPS) is 11.1. The van der Waals surface area contributed by atoms with Gasteiger partial charge in [0, 0.05) is 11.3 Å². The van der Waals surface area contributed by atoms with Crippen molar-refractivity contribution in [3.05, 3.63) is 82.2 Å². The second-order valence-corrected chi connectivity index (χ2v) is 6.48. The summed E-state index contributed by atoms with van der Waals surface area (Å²) in [6.45, 7) is 6.74. The molecule has 2 N–H and O–H groups in total. The van der Waals surface area contributed by atoms with E-state index in [0.29, 0.717) is 12.2 Å². The molecule has 0 bridgehead atoms. The van der Waals surface area contributed by atoms with Crippen LogP contribution in [-0.4, -0.2) is 27.1 Å². The van der Waals surface area contributed by atoms with Crippen LogP contribution in [0.2, 0.25) is 0 Å². The third kappa shape index (κ3) is 4.41. The van der Waals surface area contributed by atoms with Crippen molar-refractivity contribution < 1.29 is 9.90 Å². The van der Waals surface area contributed by atoms with Gasteiger partial charge in [-0.2, -0.15) is 10.2 Å². The van der Waals surface area contributed by atoms with E-state index in [4.69, 9.17) is 5.11 Å². The van der Waals surface area contributed by atoms with E-state index >= 15 is 0 Å². The highest BCUT2D eigenvalue weighted by Crippen LogP contribution is 2.14. The third-order valence-electron chi connectivity index (χ3n) is 4.39. The molecule has 6 heteroatoms. The fourth-order valence-electron chi connectivity index (χ4n) is 2.81. The molecule has 0 unspecified atom stereocenters. The fourth-order valence-corrected chi connectivity index (χ4v) is 2.81. The van der Waals surface area contributed by atoms with Crippen molar-refractivity contribution in [2.45, 2.75) is 27.3 Å². The number of nitrogens with one attached hydrogen (secondary N) is 1. The molecule has 138 valence electrons. The Morgan fingerprint density at radius 3 is 2.63 bits per heavy atom. The standard InChI is InChI=1S/C21H22N4O2/c1-14-7-9-17(10-8-14)13-25-16(3)20(15(2)24-25)12-22-23-19-6-4-5-18(11-19)21(26)27/h4-12,23H,13H2,1-3H3,(H,26,27)/b22-12+. The van der Waals surface area contributed by atoms with Gasteiger partial charge in [0.25, 0.3) is 0 Å². The zero-order valence-electron chi connectivity index (χ0n) is 15.6. The van der Waals surface area contributed by atoms with Crippen molar-refractivity contribution in [2.75, 3.05) is 5.43 Å². The van der Waals surface area contributed by atoms with Crippen molar-refractivity contribution in [1.82, 2.24) is 9.78 Å². The summed E-state index contributed by atoms with van der Waals surface area (Å²) in [5.41, 5.74) is 9.01. The number of hydrogen-bond donors (Lipinski definition) is 2. The smallest absolute Gasteiger partial charge is 0.335 e. The van der Waals surface area contributed by atoms with Crippen LogP contribution in [-0.2, 0) is 6.54 Å². The monoisotopic (exact) mass is 362 g/mol. The van der Waals surface area contributed by atoms with Crippen molar-refractivity contribution in [3.63, 3.8) is 0 Å². The van der Waals surface area contributed by atoms with E-state index in [2.05, 4.69) is 46.8 Å². The molecule has 0 fully saturated rings. The molecule has 27 heavy (non-hydrogen) atoms. The van der Waals surface area contributed by atoms with E-state index in [9.17, 15) is 4.79 Å². The minimum Gasteiger partial charge on any atom is -0.478 e. The van der Waals surface area contributed by atoms with Crippen LogP contribution in [0.3, 0.4) is 0 Å². The third-order valence-corrected chi connectivity index (χ3v) is 4.39. The molecule has 0 saturated carbocycles. The summed E-state index contributed by atoms with van der Waals surface area (Å²) in [5.74, 6) is -0.966. The van der Waals surface area contributed by atoms with Gasteiger partial charge in [-0.1, -0.05) is 35.9 Å². The second kappa shape index (κ2) is 7.86.